The highest BCUT2D eigenvalue weighted by molar-refractivity contribution is 6.12. The Labute approximate surface area is 56.1 Å². The number of nitrogens with one attached hydrogen (secondary N) is 1. The summed E-state index contributed by atoms with van der Waals surface area (Å²) in [6, 6.07) is 1.79. The van der Waals surface area contributed by atoms with Crippen LogP contribution in [0.1, 0.15) is 0 Å². The molecule has 0 saturated carbocycles. The Bertz CT molecular complexity index is 401. The predicted molar refractivity (Wildman–Crippen MR) is 34.2 cm³/mol. The van der Waals surface area contributed by atoms with Gasteiger partial charge in [-0.3, -0.25) is 4.79 Å². The average Bonchev–Trinajstić information content (AvgIpc) is 2.11. The average molecular weight is 135 g/mol. The van der Waals surface area contributed by atoms with Crippen molar-refractivity contribution in [1.29, 1.82) is 0 Å². The van der Waals surface area contributed by atoms with Gasteiger partial charge in [-0.25, -0.2) is 4.99 Å². The standard InChI is InChI=1S/C6H5N3O/c7-6(10)5-4-3(9-5)1-2-8-4/h1-2,8H,(H2,7,10). The van der Waals surface area contributed by atoms with Crippen LogP contribution in [0.5, 0.6) is 0 Å². The van der Waals surface area contributed by atoms with Gasteiger partial charge in [0, 0.05) is 6.20 Å². The normalized spacial score (nSPS) is 13.4. The monoisotopic (exact) mass is 135 g/mol. The lowest BCUT2D eigenvalue weighted by Crippen LogP contribution is -2.38. The van der Waals surface area contributed by atoms with Crippen molar-refractivity contribution in [2.24, 2.45) is 10.7 Å². The number of nitrogens with zero attached hydrogens (tertiary/aromatic N) is 1. The molecule has 2 heterocycles. The van der Waals surface area contributed by atoms with Crippen molar-refractivity contribution in [3.63, 3.8) is 0 Å². The van der Waals surface area contributed by atoms with Crippen LogP contribution in [0.4, 0.5) is 0 Å². The van der Waals surface area contributed by atoms with Gasteiger partial charge >= 0.3 is 0 Å². The summed E-state index contributed by atoms with van der Waals surface area (Å²) in [6.45, 7) is 0. The van der Waals surface area contributed by atoms with Crippen molar-refractivity contribution >= 4 is 11.6 Å². The highest BCUT2D eigenvalue weighted by Gasteiger charge is 2.12. The Morgan fingerprint density at radius 3 is 3.10 bits per heavy atom. The summed E-state index contributed by atoms with van der Waals surface area (Å²) in [7, 11) is 0. The lowest BCUT2D eigenvalue weighted by molar-refractivity contribution is -0.113. The first-order valence-electron chi connectivity index (χ1n) is 2.85. The predicted octanol–water partition coefficient (Wildman–Crippen LogP) is -1.76. The Kier molecular flexibility index (Phi) is 0.768. The van der Waals surface area contributed by atoms with E-state index in [0.717, 1.165) is 10.7 Å². The van der Waals surface area contributed by atoms with Gasteiger partial charge < -0.3 is 10.7 Å². The van der Waals surface area contributed by atoms with Crippen molar-refractivity contribution < 1.29 is 4.79 Å². The number of carbonyl (C=O) groups excluding carboxylic acids is 1. The van der Waals surface area contributed by atoms with Gasteiger partial charge in [-0.05, 0) is 6.07 Å². The number of hydrogen-bond acceptors (Lipinski definition) is 2. The lowest BCUT2D eigenvalue weighted by Gasteiger charge is -1.99. The zero-order valence-corrected chi connectivity index (χ0v) is 5.09. The minimum atomic E-state index is -0.477. The van der Waals surface area contributed by atoms with E-state index in [-0.39, 0.29) is 0 Å². The highest BCUT2D eigenvalue weighted by atomic mass is 16.1. The smallest absolute Gasteiger partial charge is 0.269 e. The fourth-order valence-electron chi connectivity index (χ4n) is 0.946. The largest absolute Gasteiger partial charge is 0.364 e. The molecule has 10 heavy (non-hydrogen) atoms. The summed E-state index contributed by atoms with van der Waals surface area (Å²) < 4.78 is 0. The van der Waals surface area contributed by atoms with Crippen molar-refractivity contribution in [3.8, 4) is 0 Å². The molecule has 0 atom stereocenters. The number of H-pyrrole nitrogens is 1. The molecule has 1 aliphatic rings. The fraction of sp³-hybridized carbons (Fsp3) is 0. The summed E-state index contributed by atoms with van der Waals surface area (Å²) in [6.07, 6.45) is 1.73. The third-order valence-electron chi connectivity index (χ3n) is 1.43. The topological polar surface area (TPSA) is 71.2 Å². The SMILES string of the molecule is NC(=O)C1=c2[nH]ccc2=N1. The number of aromatic amines is 1. The van der Waals surface area contributed by atoms with Gasteiger partial charge in [0.25, 0.3) is 5.91 Å². The van der Waals surface area contributed by atoms with Crippen molar-refractivity contribution in [2.45, 2.75) is 0 Å². The second-order valence-corrected chi connectivity index (χ2v) is 2.06. The summed E-state index contributed by atoms with van der Waals surface area (Å²) in [5.74, 6) is -0.477. The molecular formula is C6H5N3O. The molecule has 1 amide bonds. The van der Waals surface area contributed by atoms with Gasteiger partial charge in [0.2, 0.25) is 0 Å². The van der Waals surface area contributed by atoms with Crippen molar-refractivity contribution in [2.75, 3.05) is 0 Å². The third-order valence-corrected chi connectivity index (χ3v) is 1.43. The fourth-order valence-corrected chi connectivity index (χ4v) is 0.946. The maximum atomic E-state index is 10.5. The van der Waals surface area contributed by atoms with Crippen LogP contribution in [-0.2, 0) is 4.79 Å². The minimum absolute atomic E-state index is 0.347. The Morgan fingerprint density at radius 2 is 2.50 bits per heavy atom. The number of amides is 1. The van der Waals surface area contributed by atoms with Crippen LogP contribution in [0, 0.1) is 0 Å². The lowest BCUT2D eigenvalue weighted by atomic mass is 10.3. The molecule has 50 valence electrons. The van der Waals surface area contributed by atoms with Crippen LogP contribution in [0.25, 0.3) is 5.70 Å². The molecular weight excluding hydrogens is 130 g/mol. The molecule has 4 heteroatoms. The van der Waals surface area contributed by atoms with Gasteiger partial charge in [0.1, 0.15) is 0 Å². The number of fused-ring (bicyclic) bond motifs is 1. The van der Waals surface area contributed by atoms with Gasteiger partial charge in [-0.1, -0.05) is 0 Å². The number of carbonyl (C=O) groups is 1. The number of aromatic nitrogens is 1. The molecule has 0 fully saturated rings. The van der Waals surface area contributed by atoms with Crippen LogP contribution >= 0.6 is 0 Å². The molecule has 0 radical (unpaired) electrons. The summed E-state index contributed by atoms with van der Waals surface area (Å²) in [5.41, 5.74) is 5.33. The van der Waals surface area contributed by atoms with Crippen molar-refractivity contribution in [3.05, 3.63) is 23.0 Å². The molecule has 1 aliphatic heterocycles. The first kappa shape index (κ1) is 5.22. The maximum Gasteiger partial charge on any atom is 0.269 e. The molecule has 1 aromatic rings. The molecule has 4 nitrogen and oxygen atoms in total. The summed E-state index contributed by atoms with van der Waals surface area (Å²) in [5, 5.41) is 1.57. The van der Waals surface area contributed by atoms with E-state index in [4.69, 9.17) is 5.73 Å². The molecule has 0 spiro atoms. The van der Waals surface area contributed by atoms with Crippen molar-refractivity contribution in [1.82, 2.24) is 4.98 Å². The van der Waals surface area contributed by atoms with Gasteiger partial charge in [-0.15, -0.1) is 0 Å². The quantitative estimate of drug-likeness (QED) is 0.470. The van der Waals surface area contributed by atoms with Crippen LogP contribution in [0.3, 0.4) is 0 Å². The first-order valence-corrected chi connectivity index (χ1v) is 2.85. The van der Waals surface area contributed by atoms with E-state index in [9.17, 15) is 4.79 Å². The number of rotatable bonds is 1. The molecule has 3 N–H and O–H groups in total. The van der Waals surface area contributed by atoms with Gasteiger partial charge in [0.15, 0.2) is 5.70 Å². The molecule has 0 bridgehead atoms. The van der Waals surface area contributed by atoms with E-state index in [2.05, 4.69) is 9.98 Å². The van der Waals surface area contributed by atoms with E-state index in [1.807, 2.05) is 0 Å². The van der Waals surface area contributed by atoms with Crippen LogP contribution in [-0.4, -0.2) is 10.9 Å². The summed E-state index contributed by atoms with van der Waals surface area (Å²) in [4.78, 5) is 17.2. The second-order valence-electron chi connectivity index (χ2n) is 2.06. The van der Waals surface area contributed by atoms with E-state index < -0.39 is 5.91 Å². The zero-order chi connectivity index (χ0) is 7.14. The Hall–Kier alpha value is -1.58. The van der Waals surface area contributed by atoms with Gasteiger partial charge in [-0.2, -0.15) is 0 Å². The molecule has 2 rings (SSSR count). The number of nitrogens with two attached hydrogens (primary N) is 1. The van der Waals surface area contributed by atoms with E-state index >= 15 is 0 Å². The Balaban J connectivity index is 2.74. The first-order chi connectivity index (χ1) is 4.79. The zero-order valence-electron chi connectivity index (χ0n) is 5.09. The second kappa shape index (κ2) is 1.47. The minimum Gasteiger partial charge on any atom is -0.364 e. The third kappa shape index (κ3) is 0.452. The number of primary amides is 1. The maximum absolute atomic E-state index is 10.5. The van der Waals surface area contributed by atoms with E-state index in [0.29, 0.717) is 5.70 Å². The molecule has 1 aromatic heterocycles. The van der Waals surface area contributed by atoms with Crippen LogP contribution < -0.4 is 16.4 Å². The molecule has 0 aromatic carbocycles. The number of hydrogen-bond donors (Lipinski definition) is 2. The molecule has 0 aliphatic carbocycles. The van der Waals surface area contributed by atoms with Gasteiger partial charge in [0.05, 0.1) is 10.7 Å². The molecule has 0 unspecified atom stereocenters. The Morgan fingerprint density at radius 1 is 1.70 bits per heavy atom. The van der Waals surface area contributed by atoms with Crippen LogP contribution in [0.2, 0.25) is 0 Å². The van der Waals surface area contributed by atoms with E-state index in [1.165, 1.54) is 0 Å². The van der Waals surface area contributed by atoms with Crippen LogP contribution in [0.15, 0.2) is 17.3 Å². The molecule has 0 saturated heterocycles. The van der Waals surface area contributed by atoms with E-state index in [1.54, 1.807) is 12.3 Å². The highest BCUT2D eigenvalue weighted by Crippen LogP contribution is 1.94. The summed E-state index contributed by atoms with van der Waals surface area (Å²) >= 11 is 0.